The SMILES string of the molecule is F[P-](F)(F)(F)(F)F.Fc1cc(C(F)(F)F)c[c-]c1-c1ccc(C(F)(F)F)cn1.Fc1cc(C(F)(F)F)c[c-]c1-c1ccc(C(F)(F)F)cn1.[Ir+3].c1ccc(-c2ccccn2)nc1. The van der Waals surface area contributed by atoms with Gasteiger partial charge in [-0.1, -0.05) is 59.7 Å². The molecule has 6 aromatic rings. The van der Waals surface area contributed by atoms with Crippen molar-refractivity contribution >= 4 is 7.81 Å². The molecular formula is C36H18F20IrN4P. The molecule has 6 rings (SSSR count). The number of aromatic nitrogens is 4. The first-order valence-corrected chi connectivity index (χ1v) is 17.7. The fourth-order valence-corrected chi connectivity index (χ4v) is 4.11. The summed E-state index contributed by atoms with van der Waals surface area (Å²) in [6, 6.07) is 20.2. The third-order valence-electron chi connectivity index (χ3n) is 6.73. The molecule has 2 aromatic carbocycles. The Balaban J connectivity index is 0.000000303. The van der Waals surface area contributed by atoms with Gasteiger partial charge in [0.1, 0.15) is 0 Å². The fourth-order valence-electron chi connectivity index (χ4n) is 4.11. The summed E-state index contributed by atoms with van der Waals surface area (Å²) in [6.45, 7) is 0. The first-order valence-electron chi connectivity index (χ1n) is 15.6. The molecule has 0 saturated heterocycles. The van der Waals surface area contributed by atoms with Crippen LogP contribution in [0.3, 0.4) is 0 Å². The van der Waals surface area contributed by atoms with Crippen molar-refractivity contribution in [3.8, 4) is 33.9 Å². The minimum Gasteiger partial charge on any atom is -0.304 e. The molecule has 0 unspecified atom stereocenters. The smallest absolute Gasteiger partial charge is 0.304 e. The Morgan fingerprint density at radius 3 is 0.919 bits per heavy atom. The summed E-state index contributed by atoms with van der Waals surface area (Å²) in [7, 11) is -10.7. The van der Waals surface area contributed by atoms with E-state index in [1.807, 2.05) is 48.5 Å². The summed E-state index contributed by atoms with van der Waals surface area (Å²) >= 11 is 0. The summed E-state index contributed by atoms with van der Waals surface area (Å²) in [5, 5.41) is 0. The van der Waals surface area contributed by atoms with Crippen LogP contribution in [0.15, 0.2) is 110 Å². The van der Waals surface area contributed by atoms with Crippen molar-refractivity contribution in [1.82, 2.24) is 19.9 Å². The molecule has 26 heteroatoms. The Morgan fingerprint density at radius 2 is 0.710 bits per heavy atom. The number of nitrogens with zero attached hydrogens (tertiary/aromatic N) is 4. The van der Waals surface area contributed by atoms with E-state index >= 15 is 0 Å². The predicted octanol–water partition coefficient (Wildman–Crippen LogP) is 15.0. The predicted molar refractivity (Wildman–Crippen MR) is 178 cm³/mol. The van der Waals surface area contributed by atoms with Gasteiger partial charge < -0.3 is 9.97 Å². The Labute approximate surface area is 348 Å². The third-order valence-corrected chi connectivity index (χ3v) is 6.73. The van der Waals surface area contributed by atoms with Crippen LogP contribution in [-0.4, -0.2) is 19.9 Å². The topological polar surface area (TPSA) is 51.6 Å². The number of benzene rings is 2. The van der Waals surface area contributed by atoms with E-state index in [1.165, 1.54) is 0 Å². The molecule has 0 aliphatic carbocycles. The Hall–Kier alpha value is -5.28. The molecule has 62 heavy (non-hydrogen) atoms. The maximum absolute atomic E-state index is 13.6. The van der Waals surface area contributed by atoms with Gasteiger partial charge in [0.05, 0.1) is 22.5 Å². The fraction of sp³-hybridized carbons (Fsp3) is 0.111. The van der Waals surface area contributed by atoms with Gasteiger partial charge in [0.2, 0.25) is 0 Å². The van der Waals surface area contributed by atoms with Gasteiger partial charge in [-0.3, -0.25) is 18.7 Å². The minimum atomic E-state index is -10.7. The van der Waals surface area contributed by atoms with E-state index in [-0.39, 0.29) is 43.6 Å². The molecule has 4 nitrogen and oxygen atoms in total. The van der Waals surface area contributed by atoms with E-state index < -0.39 is 77.5 Å². The molecule has 4 heterocycles. The van der Waals surface area contributed by atoms with Crippen LogP contribution in [0.25, 0.3) is 33.9 Å². The summed E-state index contributed by atoms with van der Waals surface area (Å²) in [5.74, 6) is -2.53. The van der Waals surface area contributed by atoms with Crippen molar-refractivity contribution in [1.29, 1.82) is 0 Å². The summed E-state index contributed by atoms with van der Waals surface area (Å²) in [5.41, 5.74) is -4.09. The molecular weight excluding hydrogens is 1090 g/mol. The van der Waals surface area contributed by atoms with Crippen molar-refractivity contribution in [3.63, 3.8) is 0 Å². The standard InChI is InChI=1S/2C13H5F7N.C10H8N2.F6P.Ir/c2*14-10-5-7(12(15,16)17)1-3-9(10)11-4-2-8(6-21-11)13(18,19)20;1-3-7-11-9(5-1)10-6-2-4-8-12-10;1-7(2,3,4,5)6;/h2*1-2,4-6H;1-8H;;/q2*-1;;-1;+3. The summed E-state index contributed by atoms with van der Waals surface area (Å²) < 4.78 is 235. The van der Waals surface area contributed by atoms with Crippen molar-refractivity contribution in [2.75, 3.05) is 0 Å². The Bertz CT molecular complexity index is 2190. The third kappa shape index (κ3) is 18.4. The van der Waals surface area contributed by atoms with Gasteiger partial charge in [0.15, 0.2) is 0 Å². The van der Waals surface area contributed by atoms with Crippen molar-refractivity contribution in [2.24, 2.45) is 0 Å². The van der Waals surface area contributed by atoms with Crippen LogP contribution in [0.2, 0.25) is 0 Å². The van der Waals surface area contributed by atoms with Crippen LogP contribution < -0.4 is 0 Å². The number of pyridine rings is 4. The molecule has 0 bridgehead atoms. The zero-order chi connectivity index (χ0) is 46.3. The number of halogens is 20. The van der Waals surface area contributed by atoms with Crippen molar-refractivity contribution < 1.29 is 107 Å². The van der Waals surface area contributed by atoms with Gasteiger partial charge in [-0.25, -0.2) is 0 Å². The number of rotatable bonds is 3. The monoisotopic (exact) mass is 1110 g/mol. The van der Waals surface area contributed by atoms with Gasteiger partial charge in [0, 0.05) is 36.4 Å². The average molecular weight is 1110 g/mol. The first kappa shape index (κ1) is 52.9. The van der Waals surface area contributed by atoms with Crippen molar-refractivity contribution in [3.05, 3.63) is 156 Å². The van der Waals surface area contributed by atoms with E-state index in [4.69, 9.17) is 0 Å². The molecule has 0 aliphatic rings. The first-order chi connectivity index (χ1) is 27.6. The maximum Gasteiger partial charge on any atom is 3.00 e. The maximum atomic E-state index is 13.6. The summed E-state index contributed by atoms with van der Waals surface area (Å²) in [4.78, 5) is 15.2. The number of alkyl halides is 12. The van der Waals surface area contributed by atoms with Gasteiger partial charge >= 0.3 is 77.8 Å². The van der Waals surface area contributed by atoms with Crippen molar-refractivity contribution in [2.45, 2.75) is 24.7 Å². The quantitative estimate of drug-likeness (QED) is 0.101. The van der Waals surface area contributed by atoms with E-state index in [0.29, 0.717) is 36.7 Å². The molecule has 0 atom stereocenters. The number of hydrogen-bond acceptors (Lipinski definition) is 4. The van der Waals surface area contributed by atoms with Gasteiger partial charge in [-0.2, -0.15) is 52.7 Å². The summed E-state index contributed by atoms with van der Waals surface area (Å²) in [6.07, 6.45) is -14.2. The van der Waals surface area contributed by atoms with Crippen LogP contribution >= 0.6 is 7.81 Å². The van der Waals surface area contributed by atoms with Gasteiger partial charge in [0.25, 0.3) is 0 Å². The molecule has 0 saturated carbocycles. The van der Waals surface area contributed by atoms with E-state index in [2.05, 4.69) is 19.9 Å². The zero-order valence-electron chi connectivity index (χ0n) is 29.5. The number of hydrogen-bond donors (Lipinski definition) is 0. The van der Waals surface area contributed by atoms with E-state index in [9.17, 15) is 86.6 Å². The molecule has 0 amide bonds. The Morgan fingerprint density at radius 1 is 0.403 bits per heavy atom. The average Bonchev–Trinajstić information content (AvgIpc) is 3.13. The van der Waals surface area contributed by atoms with Gasteiger partial charge in [-0.15, -0.1) is 24.3 Å². The van der Waals surface area contributed by atoms with E-state index in [0.717, 1.165) is 23.5 Å². The molecule has 336 valence electrons. The molecule has 0 fully saturated rings. The van der Waals surface area contributed by atoms with Crippen LogP contribution in [0.4, 0.5) is 86.6 Å². The minimum absolute atomic E-state index is 0. The molecule has 4 aromatic heterocycles. The van der Waals surface area contributed by atoms with Gasteiger partial charge in [-0.05, 0) is 46.8 Å². The van der Waals surface area contributed by atoms with E-state index in [1.54, 1.807) is 12.4 Å². The largest absolute Gasteiger partial charge is 3.00 e. The molecule has 0 aliphatic heterocycles. The molecule has 0 radical (unpaired) electrons. The van der Waals surface area contributed by atoms with Crippen LogP contribution in [-0.2, 0) is 44.8 Å². The molecule has 0 spiro atoms. The normalized spacial score (nSPS) is 13.0. The van der Waals surface area contributed by atoms with Crippen LogP contribution in [0, 0.1) is 23.8 Å². The van der Waals surface area contributed by atoms with Crippen LogP contribution in [0.5, 0.6) is 0 Å². The molecule has 0 N–H and O–H groups in total. The van der Waals surface area contributed by atoms with Crippen LogP contribution in [0.1, 0.15) is 22.3 Å². The second kappa shape index (κ2) is 19.0. The zero-order valence-corrected chi connectivity index (χ0v) is 32.8. The Kier molecular flexibility index (Phi) is 16.2. The second-order valence-electron chi connectivity index (χ2n) is 11.5. The second-order valence-corrected chi connectivity index (χ2v) is 13.4.